The van der Waals surface area contributed by atoms with Crippen LogP contribution in [0.15, 0.2) is 72.5 Å². The van der Waals surface area contributed by atoms with Gasteiger partial charge in [-0.25, -0.2) is 0 Å². The van der Waals surface area contributed by atoms with Crippen LogP contribution < -0.4 is 4.57 Å². The van der Waals surface area contributed by atoms with E-state index in [-0.39, 0.29) is 22.1 Å². The van der Waals surface area contributed by atoms with Crippen molar-refractivity contribution >= 4 is 29.1 Å². The number of ketones is 1. The molecule has 0 saturated heterocycles. The summed E-state index contributed by atoms with van der Waals surface area (Å²) < 4.78 is 1.64. The first-order chi connectivity index (χ1) is 11.5. The lowest BCUT2D eigenvalue weighted by Gasteiger charge is -2.18. The van der Waals surface area contributed by atoms with E-state index in [0.29, 0.717) is 6.54 Å². The van der Waals surface area contributed by atoms with Gasteiger partial charge in [-0.05, 0) is 5.04 Å². The van der Waals surface area contributed by atoms with Crippen LogP contribution in [0.1, 0.15) is 16.4 Å². The van der Waals surface area contributed by atoms with Crippen LogP contribution in [0.5, 0.6) is 0 Å². The topological polar surface area (TPSA) is 76.4 Å². The summed E-state index contributed by atoms with van der Waals surface area (Å²) in [7, 11) is 0. The quantitative estimate of drug-likeness (QED) is 0.113. The summed E-state index contributed by atoms with van der Waals surface area (Å²) in [5.74, 6) is -0.354. The fraction of sp³-hybridized carbons (Fsp3) is 0.118. The SMILES string of the molecule is C=CCN=C([S-])C(C(=O)c1cccc([N+](=O)[O-])c1)[n+]1ccccc1. The van der Waals surface area contributed by atoms with Crippen molar-refractivity contribution in [2.45, 2.75) is 6.04 Å². The van der Waals surface area contributed by atoms with Gasteiger partial charge in [0.25, 0.3) is 5.69 Å². The van der Waals surface area contributed by atoms with Gasteiger partial charge in [-0.2, -0.15) is 4.57 Å². The molecule has 0 fully saturated rings. The van der Waals surface area contributed by atoms with Gasteiger partial charge in [-0.3, -0.25) is 14.9 Å². The number of hydrogen-bond donors (Lipinski definition) is 0. The fourth-order valence-electron chi connectivity index (χ4n) is 2.13. The number of hydrogen-bond acceptors (Lipinski definition) is 5. The molecule has 1 aromatic carbocycles. The second-order valence-electron chi connectivity index (χ2n) is 4.86. The molecule has 0 N–H and O–H groups in total. The molecule has 24 heavy (non-hydrogen) atoms. The zero-order valence-corrected chi connectivity index (χ0v) is 13.6. The van der Waals surface area contributed by atoms with Crippen LogP contribution in [0.4, 0.5) is 5.69 Å². The van der Waals surface area contributed by atoms with Crippen LogP contribution in [0, 0.1) is 10.1 Å². The van der Waals surface area contributed by atoms with E-state index in [4.69, 9.17) is 12.6 Å². The summed E-state index contributed by atoms with van der Waals surface area (Å²) >= 11 is 5.29. The molecular formula is C17H15N3O3S. The number of nitro groups is 1. The molecule has 6 nitrogen and oxygen atoms in total. The predicted molar refractivity (Wildman–Crippen MR) is 93.0 cm³/mol. The highest BCUT2D eigenvalue weighted by Gasteiger charge is 2.28. The molecule has 0 amide bonds. The molecular weight excluding hydrogens is 326 g/mol. The number of rotatable bonds is 7. The Labute approximate surface area is 144 Å². The fourth-order valence-corrected chi connectivity index (χ4v) is 2.43. The molecule has 2 rings (SSSR count). The van der Waals surface area contributed by atoms with Crippen LogP contribution in [0.3, 0.4) is 0 Å². The third-order valence-corrected chi connectivity index (χ3v) is 3.59. The monoisotopic (exact) mass is 341 g/mol. The average molecular weight is 341 g/mol. The molecule has 0 radical (unpaired) electrons. The maximum atomic E-state index is 12.9. The number of pyridine rings is 1. The largest absolute Gasteiger partial charge is 0.758 e. The number of aromatic nitrogens is 1. The summed E-state index contributed by atoms with van der Waals surface area (Å²) in [6.07, 6.45) is 4.99. The molecule has 1 aromatic heterocycles. The van der Waals surface area contributed by atoms with Gasteiger partial charge in [0.15, 0.2) is 12.4 Å². The van der Waals surface area contributed by atoms with Crippen molar-refractivity contribution in [2.75, 3.05) is 6.54 Å². The Bertz CT molecular complexity index is 791. The van der Waals surface area contributed by atoms with Crippen molar-refractivity contribution in [1.82, 2.24) is 0 Å². The predicted octanol–water partition coefficient (Wildman–Crippen LogP) is 2.44. The minimum Gasteiger partial charge on any atom is -0.758 e. The second kappa shape index (κ2) is 8.07. The zero-order chi connectivity index (χ0) is 17.5. The lowest BCUT2D eigenvalue weighted by atomic mass is 10.0. The Balaban J connectivity index is 2.47. The lowest BCUT2D eigenvalue weighted by molar-refractivity contribution is -0.691. The summed E-state index contributed by atoms with van der Waals surface area (Å²) in [6.45, 7) is 3.88. The Morgan fingerprint density at radius 1 is 1.33 bits per heavy atom. The van der Waals surface area contributed by atoms with Gasteiger partial charge in [0.1, 0.15) is 0 Å². The van der Waals surface area contributed by atoms with Crippen molar-refractivity contribution in [2.24, 2.45) is 4.99 Å². The number of nitrogens with zero attached hydrogens (tertiary/aromatic N) is 3. The summed E-state index contributed by atoms with van der Waals surface area (Å²) in [5, 5.41) is 11.1. The van der Waals surface area contributed by atoms with Gasteiger partial charge < -0.3 is 17.6 Å². The molecule has 122 valence electrons. The van der Waals surface area contributed by atoms with E-state index in [2.05, 4.69) is 11.6 Å². The van der Waals surface area contributed by atoms with Gasteiger partial charge in [-0.15, -0.1) is 6.58 Å². The smallest absolute Gasteiger partial charge is 0.270 e. The van der Waals surface area contributed by atoms with E-state index in [1.807, 2.05) is 6.07 Å². The van der Waals surface area contributed by atoms with E-state index >= 15 is 0 Å². The van der Waals surface area contributed by atoms with E-state index < -0.39 is 11.0 Å². The Morgan fingerprint density at radius 3 is 2.67 bits per heavy atom. The molecule has 0 aliphatic carbocycles. The minimum atomic E-state index is -0.844. The number of aliphatic imine (C=N–C) groups is 1. The van der Waals surface area contributed by atoms with Crippen LogP contribution in [-0.2, 0) is 12.6 Å². The average Bonchev–Trinajstić information content (AvgIpc) is 2.61. The number of Topliss-reactive ketones (excluding diaryl/α,β-unsaturated/α-hetero) is 1. The minimum absolute atomic E-state index is 0.147. The van der Waals surface area contributed by atoms with Crippen LogP contribution in [0.2, 0.25) is 0 Å². The van der Waals surface area contributed by atoms with Crippen LogP contribution in [-0.4, -0.2) is 22.3 Å². The number of non-ortho nitro benzene ring substituents is 1. The number of carbonyl (C=O) groups is 1. The number of carbonyl (C=O) groups excluding carboxylic acids is 1. The lowest BCUT2D eigenvalue weighted by Crippen LogP contribution is -2.47. The highest BCUT2D eigenvalue weighted by atomic mass is 32.1. The molecule has 0 saturated carbocycles. The van der Waals surface area contributed by atoms with Gasteiger partial charge in [-0.1, -0.05) is 24.3 Å². The normalized spacial score (nSPS) is 12.4. The Morgan fingerprint density at radius 2 is 2.04 bits per heavy atom. The molecule has 1 atom stereocenters. The molecule has 7 heteroatoms. The maximum Gasteiger partial charge on any atom is 0.270 e. The first-order valence-electron chi connectivity index (χ1n) is 7.11. The highest BCUT2D eigenvalue weighted by molar-refractivity contribution is 7.77. The summed E-state index contributed by atoms with van der Waals surface area (Å²) in [5.41, 5.74) is 0.0633. The van der Waals surface area contributed by atoms with Gasteiger partial charge in [0.2, 0.25) is 11.8 Å². The van der Waals surface area contributed by atoms with Crippen molar-refractivity contribution in [3.8, 4) is 0 Å². The van der Waals surface area contributed by atoms with Crippen LogP contribution in [0.25, 0.3) is 0 Å². The zero-order valence-electron chi connectivity index (χ0n) is 12.7. The van der Waals surface area contributed by atoms with E-state index in [0.717, 1.165) is 0 Å². The summed E-state index contributed by atoms with van der Waals surface area (Å²) in [6, 6.07) is 10.1. The number of nitro benzene ring substituents is 1. The third kappa shape index (κ3) is 4.08. The first kappa shape index (κ1) is 17.4. The van der Waals surface area contributed by atoms with Crippen molar-refractivity contribution in [3.63, 3.8) is 0 Å². The molecule has 0 aliphatic rings. The summed E-state index contributed by atoms with van der Waals surface area (Å²) in [4.78, 5) is 27.5. The molecule has 1 heterocycles. The molecule has 1 unspecified atom stereocenters. The molecule has 0 bridgehead atoms. The van der Waals surface area contributed by atoms with Crippen molar-refractivity contribution < 1.29 is 14.3 Å². The van der Waals surface area contributed by atoms with Crippen molar-refractivity contribution in [3.05, 3.63) is 83.2 Å². The van der Waals surface area contributed by atoms with Crippen molar-refractivity contribution in [1.29, 1.82) is 0 Å². The Kier molecular flexibility index (Phi) is 5.86. The second-order valence-corrected chi connectivity index (χ2v) is 5.28. The van der Waals surface area contributed by atoms with Crippen LogP contribution >= 0.6 is 0 Å². The van der Waals surface area contributed by atoms with E-state index in [1.165, 1.54) is 24.3 Å². The van der Waals surface area contributed by atoms with Gasteiger partial charge >= 0.3 is 0 Å². The molecule has 0 spiro atoms. The first-order valence-corrected chi connectivity index (χ1v) is 7.52. The molecule has 0 aliphatic heterocycles. The highest BCUT2D eigenvalue weighted by Crippen LogP contribution is 2.17. The standard InChI is InChI=1S/C17H15N3O3S/c1-2-9-18-17(24)15(19-10-4-3-5-11-19)16(21)13-7-6-8-14(12-13)20(22)23/h2-8,10-12,15H,1,9H2. The molecule has 2 aromatic rings. The van der Waals surface area contributed by atoms with Gasteiger partial charge in [0.05, 0.1) is 11.5 Å². The Hall–Kier alpha value is -2.93. The van der Waals surface area contributed by atoms with E-state index in [1.54, 1.807) is 35.2 Å². The van der Waals surface area contributed by atoms with Gasteiger partial charge in [0, 0.05) is 29.8 Å². The number of benzene rings is 1. The third-order valence-electron chi connectivity index (χ3n) is 3.24. The van der Waals surface area contributed by atoms with E-state index in [9.17, 15) is 14.9 Å². The maximum absolute atomic E-state index is 12.9.